The van der Waals surface area contributed by atoms with Crippen LogP contribution in [0.25, 0.3) is 112 Å². The Morgan fingerprint density at radius 2 is 1.13 bits per heavy atom. The molecule has 5 heterocycles. The summed E-state index contributed by atoms with van der Waals surface area (Å²) in [6.07, 6.45) is 6.61. The Labute approximate surface area is 352 Å². The number of fused-ring (bicyclic) bond motifs is 15. The van der Waals surface area contributed by atoms with E-state index in [1.54, 1.807) is 9.79 Å². The molecule has 292 valence electrons. The van der Waals surface area contributed by atoms with Gasteiger partial charge in [0.15, 0.2) is 0 Å². The van der Waals surface area contributed by atoms with E-state index in [-0.39, 0.29) is 0 Å². The fraction of sp³-hybridized carbons (Fsp3) is 0.107. The minimum absolute atomic E-state index is 0.925. The number of para-hydroxylation sites is 2. The fourth-order valence-corrected chi connectivity index (χ4v) is 23.1. The number of allylic oxidation sites excluding steroid dienone is 1. The molecule has 60 heavy (non-hydrogen) atoms. The Hall–Kier alpha value is -6.20. The van der Waals surface area contributed by atoms with Gasteiger partial charge in [-0.1, -0.05) is 155 Å². The molecule has 8 aromatic carbocycles. The van der Waals surface area contributed by atoms with Crippen LogP contribution in [0.3, 0.4) is 0 Å². The van der Waals surface area contributed by atoms with Crippen molar-refractivity contribution in [1.29, 1.82) is 0 Å². The third-order valence-electron chi connectivity index (χ3n) is 13.4. The van der Waals surface area contributed by atoms with Gasteiger partial charge in [0.2, 0.25) is 0 Å². The molecule has 0 spiro atoms. The summed E-state index contributed by atoms with van der Waals surface area (Å²) in [4.78, 5) is 6.26. The van der Waals surface area contributed by atoms with Crippen LogP contribution >= 0.6 is 20.1 Å². The largest absolute Gasteiger partial charge is 0.455 e. The molecule has 2 nitrogen and oxygen atoms in total. The second-order valence-corrected chi connectivity index (χ2v) is 23.4. The zero-order valence-electron chi connectivity index (χ0n) is 34.3. The van der Waals surface area contributed by atoms with Crippen molar-refractivity contribution in [2.24, 2.45) is 0 Å². The van der Waals surface area contributed by atoms with Gasteiger partial charge in [-0.2, -0.15) is 20.1 Å². The van der Waals surface area contributed by atoms with Crippen LogP contribution in [0.15, 0.2) is 175 Å². The van der Waals surface area contributed by atoms with Gasteiger partial charge in [0.1, 0.15) is 22.3 Å². The lowest BCUT2D eigenvalue weighted by Crippen LogP contribution is -2.24. The first-order chi connectivity index (χ1) is 29.4. The summed E-state index contributed by atoms with van der Waals surface area (Å²) < 4.78 is 13.9. The fourth-order valence-electron chi connectivity index (χ4n) is 11.0. The van der Waals surface area contributed by atoms with Gasteiger partial charge < -0.3 is 8.83 Å². The number of hydrogen-bond acceptors (Lipinski definition) is 2. The van der Waals surface area contributed by atoms with Crippen LogP contribution in [0.1, 0.15) is 20.8 Å². The molecule has 0 radical (unpaired) electrons. The van der Waals surface area contributed by atoms with Gasteiger partial charge in [-0.25, -0.2) is 0 Å². The normalized spacial score (nSPS) is 20.5. The Bertz CT molecular complexity index is 3660. The van der Waals surface area contributed by atoms with E-state index in [9.17, 15) is 0 Å². The molecule has 0 saturated carbocycles. The molecule has 3 aliphatic rings. The SMILES string of the molecule is C=C/C=c1/c(-c2cc3c(c4c2oc2ccccc24)-c2ccc4c5c2S3(CC)CS5(C)c2cc(-c3cccc5ccccc35)c3oc5ccccc5c3c2-4)cccc1=C.CC. The van der Waals surface area contributed by atoms with E-state index in [0.717, 1.165) is 54.7 Å². The van der Waals surface area contributed by atoms with Crippen LogP contribution in [-0.2, 0) is 0 Å². The minimum atomic E-state index is -1.46. The maximum atomic E-state index is 6.95. The topological polar surface area (TPSA) is 26.3 Å². The standard InChI is InChI=1S/C54H38O2S2.C2H6/c1-5-15-33-31(3)16-13-22-35(33)42-29-46-48(50-38-21-10-12-25-44(38)56-52(42)50)40-27-26-39-47-45(57(4)30-58(46,6-2)54(40)53(39)57)28-41(36-23-14-18-32-17-7-8-19-34(32)36)51-49(47)37-20-9-11-24-43(37)55-51;1-2/h5,7-29H,1,3,6,30H2,2,4H3;1-2H3/b33-15+;. The molecule has 0 bridgehead atoms. The summed E-state index contributed by atoms with van der Waals surface area (Å²) in [5, 5.41) is 10.6. The molecule has 13 rings (SSSR count). The van der Waals surface area contributed by atoms with Gasteiger partial charge in [0.05, 0.1) is 0 Å². The number of benzene rings is 8. The molecule has 0 N–H and O–H groups in total. The maximum Gasteiger partial charge on any atom is 0.143 e. The molecule has 2 unspecified atom stereocenters. The molecule has 0 aliphatic carbocycles. The van der Waals surface area contributed by atoms with E-state index in [1.165, 1.54) is 75.5 Å². The zero-order valence-corrected chi connectivity index (χ0v) is 36.0. The van der Waals surface area contributed by atoms with Gasteiger partial charge in [-0.05, 0) is 79.7 Å². The predicted molar refractivity (Wildman–Crippen MR) is 261 cm³/mol. The molecule has 2 atom stereocenters. The van der Waals surface area contributed by atoms with E-state index in [2.05, 4.69) is 166 Å². The first kappa shape index (κ1) is 35.7. The average Bonchev–Trinajstić information content (AvgIpc) is 4.06. The van der Waals surface area contributed by atoms with Gasteiger partial charge in [0.25, 0.3) is 0 Å². The monoisotopic (exact) mass is 812 g/mol. The third kappa shape index (κ3) is 4.33. The second-order valence-electron chi connectivity index (χ2n) is 16.2. The molecule has 0 amide bonds. The summed E-state index contributed by atoms with van der Waals surface area (Å²) in [5.41, 5.74) is 14.1. The quantitative estimate of drug-likeness (QED) is 0.177. The van der Waals surface area contributed by atoms with Crippen molar-refractivity contribution in [3.63, 3.8) is 0 Å². The van der Waals surface area contributed by atoms with Gasteiger partial charge >= 0.3 is 0 Å². The average molecular weight is 813 g/mol. The number of hydrogen-bond donors (Lipinski definition) is 0. The zero-order chi connectivity index (χ0) is 40.7. The Kier molecular flexibility index (Phi) is 7.53. The summed E-state index contributed by atoms with van der Waals surface area (Å²) >= 11 is 0. The van der Waals surface area contributed by atoms with Crippen LogP contribution in [0, 0.1) is 0 Å². The molecule has 4 heteroatoms. The maximum absolute atomic E-state index is 6.95. The summed E-state index contributed by atoms with van der Waals surface area (Å²) in [7, 11) is -2.92. The van der Waals surface area contributed by atoms with Gasteiger partial charge in [-0.3, -0.25) is 0 Å². The Balaban J connectivity index is 0.00000191. The number of furan rings is 2. The highest BCUT2D eigenvalue weighted by Crippen LogP contribution is 2.91. The minimum Gasteiger partial charge on any atom is -0.455 e. The van der Waals surface area contributed by atoms with Crippen molar-refractivity contribution in [3.8, 4) is 44.5 Å². The second kappa shape index (κ2) is 12.7. The first-order valence-electron chi connectivity index (χ1n) is 21.0. The molecular weight excluding hydrogens is 769 g/mol. The highest BCUT2D eigenvalue weighted by Gasteiger charge is 2.56. The molecular formula is C56H44O2S2. The highest BCUT2D eigenvalue weighted by atomic mass is 32.3. The van der Waals surface area contributed by atoms with Gasteiger partial charge in [-0.15, -0.1) is 0 Å². The number of rotatable bonds is 4. The van der Waals surface area contributed by atoms with Crippen LogP contribution in [0.5, 0.6) is 0 Å². The molecule has 2 aromatic heterocycles. The van der Waals surface area contributed by atoms with Crippen molar-refractivity contribution >= 4 is 87.4 Å². The molecule has 0 saturated heterocycles. The first-order valence-corrected chi connectivity index (χ1v) is 25.2. The molecule has 0 fully saturated rings. The Morgan fingerprint density at radius 3 is 1.82 bits per heavy atom. The lowest BCUT2D eigenvalue weighted by atomic mass is 9.91. The van der Waals surface area contributed by atoms with Gasteiger partial charge in [0, 0.05) is 68.5 Å². The smallest absolute Gasteiger partial charge is 0.143 e. The third-order valence-corrected chi connectivity index (χ3v) is 23.0. The van der Waals surface area contributed by atoms with E-state index in [4.69, 9.17) is 8.83 Å². The lowest BCUT2D eigenvalue weighted by molar-refractivity contribution is 0.669. The van der Waals surface area contributed by atoms with Crippen molar-refractivity contribution in [1.82, 2.24) is 0 Å². The highest BCUT2D eigenvalue weighted by molar-refractivity contribution is 8.51. The lowest BCUT2D eigenvalue weighted by Gasteiger charge is -2.39. The van der Waals surface area contributed by atoms with Crippen molar-refractivity contribution in [2.75, 3.05) is 17.1 Å². The van der Waals surface area contributed by atoms with E-state index < -0.39 is 20.1 Å². The van der Waals surface area contributed by atoms with E-state index in [0.29, 0.717) is 0 Å². The van der Waals surface area contributed by atoms with Crippen molar-refractivity contribution in [2.45, 2.75) is 40.4 Å². The summed E-state index contributed by atoms with van der Waals surface area (Å²) in [5.74, 6) is 1.09. The molecule has 3 aliphatic heterocycles. The predicted octanol–water partition coefficient (Wildman–Crippen LogP) is 15.4. The molecule has 10 aromatic rings. The Morgan fingerprint density at radius 1 is 0.583 bits per heavy atom. The van der Waals surface area contributed by atoms with Crippen LogP contribution in [0.4, 0.5) is 0 Å². The van der Waals surface area contributed by atoms with Crippen molar-refractivity contribution < 1.29 is 8.83 Å². The summed E-state index contributed by atoms with van der Waals surface area (Å²) in [6.45, 7) is 15.0. The van der Waals surface area contributed by atoms with Crippen molar-refractivity contribution in [3.05, 3.63) is 157 Å². The van der Waals surface area contributed by atoms with Crippen LogP contribution in [0.2, 0.25) is 0 Å². The van der Waals surface area contributed by atoms with Crippen LogP contribution < -0.4 is 10.4 Å². The summed E-state index contributed by atoms with van der Waals surface area (Å²) in [6, 6.07) is 49.2. The van der Waals surface area contributed by atoms with Crippen LogP contribution in [-0.4, -0.2) is 17.1 Å². The van der Waals surface area contributed by atoms with E-state index >= 15 is 0 Å². The van der Waals surface area contributed by atoms with E-state index in [1.807, 2.05) is 19.9 Å².